The number of anilines is 1. The Hall–Kier alpha value is -1.28. The second kappa shape index (κ2) is 9.12. The van der Waals surface area contributed by atoms with Gasteiger partial charge < -0.3 is 20.0 Å². The van der Waals surface area contributed by atoms with E-state index in [9.17, 15) is 14.3 Å². The Labute approximate surface area is 142 Å². The molecular weight excluding hydrogens is 389 g/mol. The first kappa shape index (κ1) is 19.8. The molecule has 0 saturated carbocycles. The molecule has 1 amide bonds. The Morgan fingerprint density at radius 1 is 1.43 bits per heavy atom. The van der Waals surface area contributed by atoms with Crippen molar-refractivity contribution >= 4 is 40.8 Å². The average molecular weight is 408 g/mol. The second-order valence-corrected chi connectivity index (χ2v) is 7.28. The molecule has 8 nitrogen and oxygen atoms in total. The van der Waals surface area contributed by atoms with Gasteiger partial charge in [-0.15, -0.1) is 4.91 Å². The molecule has 0 aliphatic heterocycles. The molecule has 23 heavy (non-hydrogen) atoms. The molecule has 0 aliphatic rings. The van der Waals surface area contributed by atoms with Gasteiger partial charge in [0.1, 0.15) is 5.69 Å². The van der Waals surface area contributed by atoms with E-state index in [2.05, 4.69) is 26.4 Å². The smallest absolute Gasteiger partial charge is 0.327 e. The van der Waals surface area contributed by atoms with Crippen molar-refractivity contribution in [2.24, 2.45) is 5.18 Å². The molecule has 128 valence electrons. The summed E-state index contributed by atoms with van der Waals surface area (Å²) in [5.74, 6) is -0.507. The van der Waals surface area contributed by atoms with Gasteiger partial charge in [-0.1, -0.05) is 15.9 Å². The summed E-state index contributed by atoms with van der Waals surface area (Å²) >= 11 is 3.34. The van der Waals surface area contributed by atoms with Gasteiger partial charge in [0.25, 0.3) is 5.91 Å². The van der Waals surface area contributed by atoms with Gasteiger partial charge in [0.2, 0.25) is 0 Å². The maximum absolute atomic E-state index is 12.3. The first-order valence-corrected chi connectivity index (χ1v) is 9.85. The maximum Gasteiger partial charge on any atom is 0.327 e. The van der Waals surface area contributed by atoms with Crippen LogP contribution in [0.5, 0.6) is 0 Å². The molecule has 0 bridgehead atoms. The topological polar surface area (TPSA) is 119 Å². The van der Waals surface area contributed by atoms with Gasteiger partial charge in [-0.25, -0.2) is 0 Å². The number of carbonyl (C=O) groups excluding carboxylic acids is 1. The van der Waals surface area contributed by atoms with Gasteiger partial charge in [-0.2, -0.15) is 0 Å². The van der Waals surface area contributed by atoms with Crippen LogP contribution in [-0.4, -0.2) is 46.8 Å². The van der Waals surface area contributed by atoms with E-state index < -0.39 is 19.7 Å². The fourth-order valence-electron chi connectivity index (χ4n) is 2.00. The number of benzene rings is 1. The number of nitrogens with zero attached hydrogens (tertiary/aromatic N) is 2. The molecule has 0 aliphatic carbocycles. The maximum atomic E-state index is 12.3. The van der Waals surface area contributed by atoms with Crippen molar-refractivity contribution in [3.8, 4) is 0 Å². The third-order valence-electron chi connectivity index (χ3n) is 3.10. The van der Waals surface area contributed by atoms with Crippen molar-refractivity contribution in [3.05, 3.63) is 28.7 Å². The number of rotatable bonds is 9. The van der Waals surface area contributed by atoms with Crippen LogP contribution >= 0.6 is 23.5 Å². The molecule has 0 fully saturated rings. The largest absolute Gasteiger partial charge is 0.370 e. The quantitative estimate of drug-likeness (QED) is 0.328. The number of nitrogens with one attached hydrogen (secondary N) is 1. The average Bonchev–Trinajstić information content (AvgIpc) is 2.50. The predicted molar refractivity (Wildman–Crippen MR) is 92.8 cm³/mol. The molecule has 0 saturated heterocycles. The van der Waals surface area contributed by atoms with E-state index in [0.717, 1.165) is 0 Å². The standard InChI is InChI=1S/C13H19BrN3O5P/c1-2-17(7-5-14)12-4-3-10(16-19)9-11(12)13(18)15-6-8-23(20,21)22/h3-4,9H,2,5-8H2,1H3,(H,15,18)(H2,20,21,22). The van der Waals surface area contributed by atoms with Crippen molar-refractivity contribution < 1.29 is 19.1 Å². The van der Waals surface area contributed by atoms with Crippen LogP contribution in [0, 0.1) is 4.91 Å². The zero-order valence-electron chi connectivity index (χ0n) is 12.6. The molecule has 1 aromatic carbocycles. The van der Waals surface area contributed by atoms with Crippen molar-refractivity contribution in [2.75, 3.05) is 36.0 Å². The number of hydrogen-bond acceptors (Lipinski definition) is 5. The Morgan fingerprint density at radius 3 is 2.65 bits per heavy atom. The van der Waals surface area contributed by atoms with Gasteiger partial charge in [-0.05, 0) is 30.3 Å². The summed E-state index contributed by atoms with van der Waals surface area (Å²) in [5.41, 5.74) is 0.993. The Kier molecular flexibility index (Phi) is 7.84. The highest BCUT2D eigenvalue weighted by molar-refractivity contribution is 9.09. The lowest BCUT2D eigenvalue weighted by Gasteiger charge is -2.24. The molecule has 0 heterocycles. The fraction of sp³-hybridized carbons (Fsp3) is 0.462. The third kappa shape index (κ3) is 6.39. The van der Waals surface area contributed by atoms with E-state index in [1.54, 1.807) is 6.07 Å². The lowest BCUT2D eigenvalue weighted by Crippen LogP contribution is -2.31. The van der Waals surface area contributed by atoms with Crippen LogP contribution in [0.1, 0.15) is 17.3 Å². The predicted octanol–water partition coefficient (Wildman–Crippen LogP) is 2.21. The minimum atomic E-state index is -4.18. The van der Waals surface area contributed by atoms with E-state index in [1.165, 1.54) is 12.1 Å². The zero-order valence-corrected chi connectivity index (χ0v) is 15.1. The molecule has 1 aromatic rings. The van der Waals surface area contributed by atoms with E-state index in [-0.39, 0.29) is 17.8 Å². The van der Waals surface area contributed by atoms with Crippen LogP contribution < -0.4 is 10.2 Å². The van der Waals surface area contributed by atoms with Crippen molar-refractivity contribution in [2.45, 2.75) is 6.92 Å². The number of carbonyl (C=O) groups is 1. The Morgan fingerprint density at radius 2 is 2.13 bits per heavy atom. The first-order valence-electron chi connectivity index (χ1n) is 6.93. The fourth-order valence-corrected chi connectivity index (χ4v) is 2.83. The van der Waals surface area contributed by atoms with Gasteiger partial charge in [0.05, 0.1) is 11.7 Å². The molecular formula is C13H19BrN3O5P. The second-order valence-electron chi connectivity index (χ2n) is 4.71. The zero-order chi connectivity index (χ0) is 17.5. The summed E-state index contributed by atoms with van der Waals surface area (Å²) in [6, 6.07) is 4.53. The monoisotopic (exact) mass is 407 g/mol. The summed E-state index contributed by atoms with van der Waals surface area (Å²) in [4.78, 5) is 42.6. The number of nitroso groups, excluding NO2 is 1. The lowest BCUT2D eigenvalue weighted by molar-refractivity contribution is 0.0956. The van der Waals surface area contributed by atoms with Gasteiger partial charge in [-0.3, -0.25) is 9.36 Å². The normalized spacial score (nSPS) is 11.1. The first-order chi connectivity index (χ1) is 10.8. The molecule has 0 aromatic heterocycles. The van der Waals surface area contributed by atoms with Crippen LogP contribution in [0.25, 0.3) is 0 Å². The highest BCUT2D eigenvalue weighted by Gasteiger charge is 2.18. The molecule has 0 unspecified atom stereocenters. The van der Waals surface area contributed by atoms with Crippen molar-refractivity contribution in [1.29, 1.82) is 0 Å². The molecule has 3 N–H and O–H groups in total. The molecule has 1 rings (SSSR count). The van der Waals surface area contributed by atoms with Gasteiger partial charge in [0, 0.05) is 30.7 Å². The molecule has 0 atom stereocenters. The van der Waals surface area contributed by atoms with E-state index in [1.807, 2.05) is 11.8 Å². The molecule has 0 spiro atoms. The van der Waals surface area contributed by atoms with Crippen molar-refractivity contribution in [1.82, 2.24) is 5.32 Å². The number of amides is 1. The summed E-state index contributed by atoms with van der Waals surface area (Å²) in [7, 11) is -4.18. The highest BCUT2D eigenvalue weighted by atomic mass is 79.9. The minimum Gasteiger partial charge on any atom is -0.370 e. The Bertz CT molecular complexity index is 607. The van der Waals surface area contributed by atoms with Crippen molar-refractivity contribution in [3.63, 3.8) is 0 Å². The highest BCUT2D eigenvalue weighted by Crippen LogP contribution is 2.33. The van der Waals surface area contributed by atoms with E-state index in [0.29, 0.717) is 24.1 Å². The van der Waals surface area contributed by atoms with Gasteiger partial charge in [0.15, 0.2) is 0 Å². The Balaban J connectivity index is 3.02. The van der Waals surface area contributed by atoms with Gasteiger partial charge >= 0.3 is 7.60 Å². The minimum absolute atomic E-state index is 0.115. The number of hydrogen-bond donors (Lipinski definition) is 3. The lowest BCUT2D eigenvalue weighted by atomic mass is 10.1. The van der Waals surface area contributed by atoms with Crippen LogP contribution in [0.3, 0.4) is 0 Å². The SMILES string of the molecule is CCN(CCBr)c1ccc(N=O)cc1C(=O)NCCP(=O)(O)O. The summed E-state index contributed by atoms with van der Waals surface area (Å²) < 4.78 is 10.8. The molecule has 0 radical (unpaired) electrons. The summed E-state index contributed by atoms with van der Waals surface area (Å²) in [6.45, 7) is 3.09. The van der Waals surface area contributed by atoms with Crippen LogP contribution in [0.4, 0.5) is 11.4 Å². The third-order valence-corrected chi connectivity index (χ3v) is 4.26. The number of halogens is 1. The van der Waals surface area contributed by atoms with E-state index >= 15 is 0 Å². The van der Waals surface area contributed by atoms with Crippen LogP contribution in [0.2, 0.25) is 0 Å². The summed E-state index contributed by atoms with van der Waals surface area (Å²) in [6.07, 6.45) is -0.446. The van der Waals surface area contributed by atoms with Crippen LogP contribution in [-0.2, 0) is 4.57 Å². The summed E-state index contributed by atoms with van der Waals surface area (Å²) in [5, 5.41) is 5.98. The molecule has 10 heteroatoms. The van der Waals surface area contributed by atoms with Crippen LogP contribution in [0.15, 0.2) is 23.4 Å². The van der Waals surface area contributed by atoms with E-state index in [4.69, 9.17) is 9.79 Å². The number of alkyl halides is 1.